The molecule has 2 atom stereocenters. The minimum atomic E-state index is -0.250. The third-order valence-electron chi connectivity index (χ3n) is 5.59. The molecular weight excluding hydrogens is 520 g/mol. The van der Waals surface area contributed by atoms with Crippen LogP contribution in [0, 0.1) is 0 Å². The number of phenols is 1. The number of aryl methyl sites for hydroxylation is 1. The molecule has 4 rings (SSSR count). The maximum Gasteiger partial charge on any atom is 0.133 e. The van der Waals surface area contributed by atoms with Gasteiger partial charge in [0.25, 0.3) is 0 Å². The van der Waals surface area contributed by atoms with E-state index in [0.717, 1.165) is 43.5 Å². The lowest BCUT2D eigenvalue weighted by Crippen LogP contribution is -2.33. The fourth-order valence-electron chi connectivity index (χ4n) is 3.84. The molecule has 3 aromatic rings. The van der Waals surface area contributed by atoms with Gasteiger partial charge in [0.1, 0.15) is 17.7 Å². The first-order valence-electron chi connectivity index (χ1n) is 10.2. The van der Waals surface area contributed by atoms with Gasteiger partial charge >= 0.3 is 0 Å². The van der Waals surface area contributed by atoms with E-state index in [1.807, 2.05) is 30.3 Å². The number of methoxy groups -OCH3 is 1. The van der Waals surface area contributed by atoms with E-state index in [4.69, 9.17) is 9.73 Å². The number of ether oxygens (including phenoxy) is 1. The van der Waals surface area contributed by atoms with Gasteiger partial charge in [0.05, 0.1) is 11.6 Å². The van der Waals surface area contributed by atoms with Crippen LogP contribution in [0.4, 0.5) is 0 Å². The third kappa shape index (κ3) is 4.86. The topological polar surface area (TPSA) is 53.8 Å². The van der Waals surface area contributed by atoms with Crippen molar-refractivity contribution in [1.82, 2.24) is 5.32 Å². The van der Waals surface area contributed by atoms with Crippen molar-refractivity contribution < 1.29 is 9.84 Å². The van der Waals surface area contributed by atoms with Gasteiger partial charge in [-0.1, -0.05) is 53.2 Å². The second-order valence-electron chi connectivity index (χ2n) is 7.55. The Morgan fingerprint density at radius 2 is 1.84 bits per heavy atom. The van der Waals surface area contributed by atoms with Crippen LogP contribution in [0.2, 0.25) is 0 Å². The number of rotatable bonds is 5. The smallest absolute Gasteiger partial charge is 0.133 e. The first-order valence-corrected chi connectivity index (χ1v) is 11.8. The number of hydrogen-bond donors (Lipinski definition) is 2. The Labute approximate surface area is 199 Å². The van der Waals surface area contributed by atoms with Crippen molar-refractivity contribution in [3.8, 4) is 11.5 Å². The molecule has 2 N–H and O–H groups in total. The fraction of sp³-hybridized carbons (Fsp3) is 0.240. The highest BCUT2D eigenvalue weighted by Crippen LogP contribution is 2.37. The zero-order valence-electron chi connectivity index (χ0n) is 17.4. The van der Waals surface area contributed by atoms with E-state index >= 15 is 0 Å². The van der Waals surface area contributed by atoms with Crippen LogP contribution < -0.4 is 10.1 Å². The Bertz CT molecular complexity index is 1110. The van der Waals surface area contributed by atoms with Crippen molar-refractivity contribution in [3.63, 3.8) is 0 Å². The molecule has 1 aliphatic rings. The lowest BCUT2D eigenvalue weighted by Gasteiger charge is -2.31. The largest absolute Gasteiger partial charge is 0.508 e. The summed E-state index contributed by atoms with van der Waals surface area (Å²) in [4.78, 5) is 5.05. The van der Waals surface area contributed by atoms with E-state index in [9.17, 15) is 5.11 Å². The summed E-state index contributed by atoms with van der Waals surface area (Å²) in [7, 11) is 1.65. The van der Waals surface area contributed by atoms with Gasteiger partial charge in [-0.2, -0.15) is 0 Å². The van der Waals surface area contributed by atoms with Gasteiger partial charge in [0.2, 0.25) is 0 Å². The molecule has 0 unspecified atom stereocenters. The SMILES string of the molecule is CCc1ccc(C2=N[C@H](c3ccc(OC)c(Br)c3)N[C@H](c3cc(Br)ccc3O)C2)cc1. The summed E-state index contributed by atoms with van der Waals surface area (Å²) in [6.07, 6.45) is 1.44. The average Bonchev–Trinajstić information content (AvgIpc) is 2.80. The van der Waals surface area contributed by atoms with E-state index in [-0.39, 0.29) is 18.0 Å². The summed E-state index contributed by atoms with van der Waals surface area (Å²) in [5, 5.41) is 14.2. The van der Waals surface area contributed by atoms with Gasteiger partial charge in [0, 0.05) is 28.2 Å². The Morgan fingerprint density at radius 3 is 2.52 bits per heavy atom. The number of aliphatic imine (C=N–C) groups is 1. The van der Waals surface area contributed by atoms with Crippen LogP contribution in [0.1, 0.15) is 47.8 Å². The standard InChI is InChI=1S/C25H24Br2N2O2/c1-3-15-4-6-16(7-5-15)21-14-22(19-13-18(26)9-10-23(19)30)29-25(28-21)17-8-11-24(31-2)20(27)12-17/h4-13,22,25,29-30H,3,14H2,1-2H3/t22-,25-/m0/s1. The fourth-order valence-corrected chi connectivity index (χ4v) is 4.78. The summed E-state index contributed by atoms with van der Waals surface area (Å²) in [5.41, 5.74) is 5.30. The minimum Gasteiger partial charge on any atom is -0.508 e. The number of hydrogen-bond acceptors (Lipinski definition) is 4. The van der Waals surface area contributed by atoms with Gasteiger partial charge in [0.15, 0.2) is 0 Å². The van der Waals surface area contributed by atoms with Crippen molar-refractivity contribution in [1.29, 1.82) is 0 Å². The van der Waals surface area contributed by atoms with E-state index < -0.39 is 0 Å². The zero-order chi connectivity index (χ0) is 22.0. The molecule has 160 valence electrons. The third-order valence-corrected chi connectivity index (χ3v) is 6.71. The number of benzene rings is 3. The molecule has 4 nitrogen and oxygen atoms in total. The van der Waals surface area contributed by atoms with Crippen LogP contribution in [-0.2, 0) is 6.42 Å². The number of aromatic hydroxyl groups is 1. The summed E-state index contributed by atoms with van der Waals surface area (Å²) < 4.78 is 7.19. The van der Waals surface area contributed by atoms with Crippen molar-refractivity contribution in [2.75, 3.05) is 7.11 Å². The lowest BCUT2D eigenvalue weighted by molar-refractivity contribution is 0.406. The average molecular weight is 544 g/mol. The maximum absolute atomic E-state index is 10.6. The predicted octanol–water partition coefficient (Wildman–Crippen LogP) is 6.71. The molecule has 0 aliphatic carbocycles. The predicted molar refractivity (Wildman–Crippen MR) is 132 cm³/mol. The monoisotopic (exact) mass is 542 g/mol. The van der Waals surface area contributed by atoms with Crippen molar-refractivity contribution in [2.24, 2.45) is 4.99 Å². The normalized spacial score (nSPS) is 18.5. The highest BCUT2D eigenvalue weighted by atomic mass is 79.9. The number of nitrogens with one attached hydrogen (secondary N) is 1. The Kier molecular flexibility index (Phi) is 6.80. The Morgan fingerprint density at radius 1 is 1.06 bits per heavy atom. The summed E-state index contributed by atoms with van der Waals surface area (Å²) in [6.45, 7) is 2.15. The molecule has 1 aliphatic heterocycles. The van der Waals surface area contributed by atoms with Crippen LogP contribution in [0.25, 0.3) is 0 Å². The van der Waals surface area contributed by atoms with Crippen LogP contribution in [0.15, 0.2) is 74.6 Å². The van der Waals surface area contributed by atoms with Gasteiger partial charge < -0.3 is 9.84 Å². The Hall–Kier alpha value is -2.15. The first kappa shape index (κ1) is 22.1. The number of halogens is 2. The second-order valence-corrected chi connectivity index (χ2v) is 9.32. The molecule has 0 saturated heterocycles. The lowest BCUT2D eigenvalue weighted by atomic mass is 9.93. The van der Waals surface area contributed by atoms with E-state index in [2.05, 4.69) is 68.4 Å². The van der Waals surface area contributed by atoms with Crippen molar-refractivity contribution in [3.05, 3.63) is 91.9 Å². The van der Waals surface area contributed by atoms with Crippen LogP contribution in [0.3, 0.4) is 0 Å². The molecule has 0 bridgehead atoms. The second kappa shape index (κ2) is 9.55. The molecule has 0 radical (unpaired) electrons. The molecule has 1 heterocycles. The molecule has 0 aromatic heterocycles. The van der Waals surface area contributed by atoms with Crippen molar-refractivity contribution in [2.45, 2.75) is 32.0 Å². The van der Waals surface area contributed by atoms with Gasteiger partial charge in [-0.05, 0) is 69.4 Å². The molecular formula is C25H24Br2N2O2. The summed E-state index contributed by atoms with van der Waals surface area (Å²) in [5.74, 6) is 1.05. The first-order chi connectivity index (χ1) is 15.0. The molecule has 3 aromatic carbocycles. The van der Waals surface area contributed by atoms with Crippen LogP contribution >= 0.6 is 31.9 Å². The highest BCUT2D eigenvalue weighted by Gasteiger charge is 2.28. The summed E-state index contributed by atoms with van der Waals surface area (Å²) in [6, 6.07) is 20.0. The van der Waals surface area contributed by atoms with Gasteiger partial charge in [-0.3, -0.25) is 10.3 Å². The number of phenolic OH excluding ortho intramolecular Hbond substituents is 1. The molecule has 0 saturated carbocycles. The van der Waals surface area contributed by atoms with Gasteiger partial charge in [-0.15, -0.1) is 0 Å². The minimum absolute atomic E-state index is 0.0817. The van der Waals surface area contributed by atoms with E-state index in [1.165, 1.54) is 5.56 Å². The Balaban J connectivity index is 1.76. The molecule has 0 fully saturated rings. The maximum atomic E-state index is 10.6. The quantitative estimate of drug-likeness (QED) is 0.376. The molecule has 0 spiro atoms. The van der Waals surface area contributed by atoms with Crippen LogP contribution in [-0.4, -0.2) is 17.9 Å². The van der Waals surface area contributed by atoms with E-state index in [0.29, 0.717) is 6.42 Å². The molecule has 6 heteroatoms. The molecule has 31 heavy (non-hydrogen) atoms. The molecule has 0 amide bonds. The van der Waals surface area contributed by atoms with Crippen LogP contribution in [0.5, 0.6) is 11.5 Å². The zero-order valence-corrected chi connectivity index (χ0v) is 20.6. The van der Waals surface area contributed by atoms with Crippen molar-refractivity contribution >= 4 is 37.6 Å². The summed E-state index contributed by atoms with van der Waals surface area (Å²) >= 11 is 7.12. The highest BCUT2D eigenvalue weighted by molar-refractivity contribution is 9.10. The number of nitrogens with zero attached hydrogens (tertiary/aromatic N) is 1. The van der Waals surface area contributed by atoms with E-state index in [1.54, 1.807) is 13.2 Å². The van der Waals surface area contributed by atoms with Gasteiger partial charge in [-0.25, -0.2) is 0 Å².